The quantitative estimate of drug-likeness (QED) is 0.807. The van der Waals surface area contributed by atoms with Crippen LogP contribution in [0.15, 0.2) is 48.5 Å². The lowest BCUT2D eigenvalue weighted by Gasteiger charge is -2.13. The van der Waals surface area contributed by atoms with Gasteiger partial charge < -0.3 is 15.7 Å². The van der Waals surface area contributed by atoms with Crippen LogP contribution in [0.4, 0.5) is 11.4 Å². The Labute approximate surface area is 121 Å². The van der Waals surface area contributed by atoms with E-state index in [0.717, 1.165) is 11.3 Å². The summed E-state index contributed by atoms with van der Waals surface area (Å²) in [5.41, 5.74) is 2.43. The molecule has 2 aromatic rings. The molecule has 5 nitrogen and oxygen atoms in total. The van der Waals surface area contributed by atoms with Gasteiger partial charge in [0.25, 0.3) is 0 Å². The monoisotopic (exact) mass is 282 g/mol. The summed E-state index contributed by atoms with van der Waals surface area (Å²) in [6, 6.07) is 13.7. The summed E-state index contributed by atoms with van der Waals surface area (Å²) in [7, 11) is 0. The maximum Gasteiger partial charge on any atom is 0.337 e. The summed E-state index contributed by atoms with van der Waals surface area (Å²) < 4.78 is 0. The Bertz CT molecular complexity index is 687. The van der Waals surface area contributed by atoms with Crippen LogP contribution in [0.25, 0.3) is 0 Å². The van der Waals surface area contributed by atoms with E-state index in [4.69, 9.17) is 5.11 Å². The van der Waals surface area contributed by atoms with Gasteiger partial charge in [-0.2, -0.15) is 0 Å². The normalized spacial score (nSPS) is 15.9. The van der Waals surface area contributed by atoms with Gasteiger partial charge in [-0.1, -0.05) is 30.3 Å². The number of hydrogen-bond donors (Lipinski definition) is 3. The molecule has 0 aliphatic carbocycles. The molecule has 0 aromatic heterocycles. The summed E-state index contributed by atoms with van der Waals surface area (Å²) in [5.74, 6) is -1.30. The second-order valence-corrected chi connectivity index (χ2v) is 4.90. The Hall–Kier alpha value is -2.82. The molecule has 0 saturated carbocycles. The van der Waals surface area contributed by atoms with E-state index in [0.29, 0.717) is 12.1 Å². The number of nitrogens with one attached hydrogen (secondary N) is 2. The smallest absolute Gasteiger partial charge is 0.337 e. The van der Waals surface area contributed by atoms with Crippen LogP contribution in [-0.4, -0.2) is 23.0 Å². The molecule has 5 heteroatoms. The number of carboxylic acids is 1. The molecule has 3 rings (SSSR count). The summed E-state index contributed by atoms with van der Waals surface area (Å²) in [4.78, 5) is 23.4. The van der Waals surface area contributed by atoms with Gasteiger partial charge in [0.1, 0.15) is 6.04 Å². The Balaban J connectivity index is 1.76. The number of fused-ring (bicyclic) bond motifs is 1. The molecule has 1 atom stereocenters. The van der Waals surface area contributed by atoms with Gasteiger partial charge in [-0.05, 0) is 23.8 Å². The second-order valence-electron chi connectivity index (χ2n) is 4.90. The SMILES string of the molecule is O=C(O)c1ccccc1NC(=O)[C@@H]1Cc2ccccc2N1. The van der Waals surface area contributed by atoms with Gasteiger partial charge >= 0.3 is 5.97 Å². The van der Waals surface area contributed by atoms with Gasteiger partial charge in [0.2, 0.25) is 5.91 Å². The summed E-state index contributed by atoms with van der Waals surface area (Å²) >= 11 is 0. The van der Waals surface area contributed by atoms with E-state index in [1.54, 1.807) is 18.2 Å². The number of para-hydroxylation sites is 2. The highest BCUT2D eigenvalue weighted by Crippen LogP contribution is 2.26. The van der Waals surface area contributed by atoms with Gasteiger partial charge in [0, 0.05) is 12.1 Å². The second kappa shape index (κ2) is 5.28. The maximum absolute atomic E-state index is 12.3. The molecule has 0 bridgehead atoms. The molecule has 1 amide bonds. The van der Waals surface area contributed by atoms with Crippen LogP contribution >= 0.6 is 0 Å². The molecule has 2 aromatic carbocycles. The lowest BCUT2D eigenvalue weighted by molar-refractivity contribution is -0.116. The van der Waals surface area contributed by atoms with Crippen molar-refractivity contribution < 1.29 is 14.7 Å². The average Bonchev–Trinajstić information content (AvgIpc) is 2.91. The first-order valence-corrected chi connectivity index (χ1v) is 6.63. The van der Waals surface area contributed by atoms with E-state index >= 15 is 0 Å². The molecule has 3 N–H and O–H groups in total. The third-order valence-corrected chi connectivity index (χ3v) is 3.50. The third kappa shape index (κ3) is 2.58. The molecular formula is C16H14N2O3. The van der Waals surface area contributed by atoms with E-state index < -0.39 is 5.97 Å². The van der Waals surface area contributed by atoms with Crippen LogP contribution < -0.4 is 10.6 Å². The van der Waals surface area contributed by atoms with E-state index in [1.165, 1.54) is 6.07 Å². The van der Waals surface area contributed by atoms with Crippen molar-refractivity contribution in [3.8, 4) is 0 Å². The molecule has 1 aliphatic rings. The first-order valence-electron chi connectivity index (χ1n) is 6.63. The van der Waals surface area contributed by atoms with Crippen molar-refractivity contribution in [3.05, 3.63) is 59.7 Å². The standard InChI is InChI=1S/C16H14N2O3/c19-15(14-9-10-5-1-3-7-12(10)17-14)18-13-8-4-2-6-11(13)16(20)21/h1-8,14,17H,9H2,(H,18,19)(H,20,21)/t14-/m0/s1. The highest BCUT2D eigenvalue weighted by Gasteiger charge is 2.27. The van der Waals surface area contributed by atoms with Crippen molar-refractivity contribution in [3.63, 3.8) is 0 Å². The van der Waals surface area contributed by atoms with Crippen LogP contribution in [0.5, 0.6) is 0 Å². The fourth-order valence-corrected chi connectivity index (χ4v) is 2.45. The van der Waals surface area contributed by atoms with E-state index in [9.17, 15) is 9.59 Å². The highest BCUT2D eigenvalue weighted by atomic mass is 16.4. The Morgan fingerprint density at radius 3 is 2.57 bits per heavy atom. The highest BCUT2D eigenvalue weighted by molar-refractivity contribution is 6.03. The number of carbonyl (C=O) groups is 2. The Morgan fingerprint density at radius 1 is 1.10 bits per heavy atom. The summed E-state index contributed by atoms with van der Waals surface area (Å²) in [5, 5.41) is 14.9. The zero-order chi connectivity index (χ0) is 14.8. The number of carboxylic acid groups (broad SMARTS) is 1. The van der Waals surface area contributed by atoms with E-state index in [2.05, 4.69) is 10.6 Å². The lowest BCUT2D eigenvalue weighted by atomic mass is 10.1. The molecule has 0 unspecified atom stereocenters. The Kier molecular flexibility index (Phi) is 3.31. The van der Waals surface area contributed by atoms with Crippen molar-refractivity contribution in [2.75, 3.05) is 10.6 Å². The molecule has 1 heterocycles. The molecule has 1 aliphatic heterocycles. The van der Waals surface area contributed by atoms with Crippen LogP contribution in [0, 0.1) is 0 Å². The topological polar surface area (TPSA) is 78.4 Å². The fraction of sp³-hybridized carbons (Fsp3) is 0.125. The predicted molar refractivity (Wildman–Crippen MR) is 79.6 cm³/mol. The first kappa shape index (κ1) is 13.2. The molecular weight excluding hydrogens is 268 g/mol. The number of amides is 1. The van der Waals surface area contributed by atoms with Gasteiger partial charge in [-0.15, -0.1) is 0 Å². The van der Waals surface area contributed by atoms with Crippen LogP contribution in [0.3, 0.4) is 0 Å². The minimum atomic E-state index is -1.06. The number of hydrogen-bond acceptors (Lipinski definition) is 3. The maximum atomic E-state index is 12.3. The van der Waals surface area contributed by atoms with Gasteiger partial charge in [0.05, 0.1) is 11.3 Å². The molecule has 0 fully saturated rings. The number of aromatic carboxylic acids is 1. The minimum Gasteiger partial charge on any atom is -0.478 e. The lowest BCUT2D eigenvalue weighted by Crippen LogP contribution is -2.33. The number of rotatable bonds is 3. The molecule has 0 spiro atoms. The largest absolute Gasteiger partial charge is 0.478 e. The van der Waals surface area contributed by atoms with Crippen molar-refractivity contribution in [2.24, 2.45) is 0 Å². The van der Waals surface area contributed by atoms with Crippen LogP contribution in [0.2, 0.25) is 0 Å². The number of anilines is 2. The van der Waals surface area contributed by atoms with Crippen LogP contribution in [0.1, 0.15) is 15.9 Å². The molecule has 106 valence electrons. The third-order valence-electron chi connectivity index (χ3n) is 3.50. The summed E-state index contributed by atoms with van der Waals surface area (Å²) in [6.45, 7) is 0. The average molecular weight is 282 g/mol. The fourth-order valence-electron chi connectivity index (χ4n) is 2.45. The van der Waals surface area contributed by atoms with Gasteiger partial charge in [0.15, 0.2) is 0 Å². The molecule has 0 saturated heterocycles. The molecule has 21 heavy (non-hydrogen) atoms. The zero-order valence-corrected chi connectivity index (χ0v) is 11.2. The van der Waals surface area contributed by atoms with Crippen molar-refractivity contribution in [1.29, 1.82) is 0 Å². The van der Waals surface area contributed by atoms with Crippen molar-refractivity contribution in [2.45, 2.75) is 12.5 Å². The summed E-state index contributed by atoms with van der Waals surface area (Å²) in [6.07, 6.45) is 0.594. The zero-order valence-electron chi connectivity index (χ0n) is 11.2. The van der Waals surface area contributed by atoms with Gasteiger partial charge in [-0.25, -0.2) is 4.79 Å². The molecule has 0 radical (unpaired) electrons. The minimum absolute atomic E-state index is 0.0846. The number of carbonyl (C=O) groups excluding carboxylic acids is 1. The van der Waals surface area contributed by atoms with Crippen molar-refractivity contribution >= 4 is 23.3 Å². The van der Waals surface area contributed by atoms with E-state index in [1.807, 2.05) is 24.3 Å². The van der Waals surface area contributed by atoms with Gasteiger partial charge in [-0.3, -0.25) is 4.79 Å². The van der Waals surface area contributed by atoms with Crippen LogP contribution in [-0.2, 0) is 11.2 Å². The predicted octanol–water partition coefficient (Wildman–Crippen LogP) is 2.36. The number of benzene rings is 2. The first-order chi connectivity index (χ1) is 10.1. The van der Waals surface area contributed by atoms with Crippen molar-refractivity contribution in [1.82, 2.24) is 0 Å². The van der Waals surface area contributed by atoms with E-state index in [-0.39, 0.29) is 17.5 Å². The Morgan fingerprint density at radius 2 is 1.81 bits per heavy atom.